The maximum absolute atomic E-state index is 14.0. The first-order valence-corrected chi connectivity index (χ1v) is 15.1. The number of hydrogen-bond acceptors (Lipinski definition) is 7. The minimum atomic E-state index is -3.91. The minimum absolute atomic E-state index is 0.0332. The van der Waals surface area contributed by atoms with E-state index in [9.17, 15) is 18.3 Å². The van der Waals surface area contributed by atoms with Crippen molar-refractivity contribution in [1.82, 2.24) is 10.2 Å². The quantitative estimate of drug-likeness (QED) is 0.187. The van der Waals surface area contributed by atoms with E-state index in [0.717, 1.165) is 41.5 Å². The Bertz CT molecular complexity index is 1870. The highest BCUT2D eigenvalue weighted by Crippen LogP contribution is 2.38. The lowest BCUT2D eigenvalue weighted by Gasteiger charge is -2.33. The van der Waals surface area contributed by atoms with Crippen LogP contribution in [0.5, 0.6) is 5.75 Å². The van der Waals surface area contributed by atoms with Crippen LogP contribution >= 0.6 is 0 Å². The lowest BCUT2D eigenvalue weighted by atomic mass is 9.88. The fourth-order valence-electron chi connectivity index (χ4n) is 5.80. The van der Waals surface area contributed by atoms with E-state index in [2.05, 4.69) is 20.4 Å². The van der Waals surface area contributed by atoms with Crippen LogP contribution < -0.4 is 21.1 Å². The molecule has 4 aromatic carbocycles. The average molecular weight is 583 g/mol. The van der Waals surface area contributed by atoms with Crippen molar-refractivity contribution in [2.45, 2.75) is 29.7 Å². The van der Waals surface area contributed by atoms with Gasteiger partial charge in [0.2, 0.25) is 15.9 Å². The number of phenols is 1. The summed E-state index contributed by atoms with van der Waals surface area (Å²) in [6.45, 7) is 0.772. The predicted molar refractivity (Wildman–Crippen MR) is 164 cm³/mol. The Labute approximate surface area is 243 Å². The van der Waals surface area contributed by atoms with Gasteiger partial charge in [0.05, 0.1) is 16.3 Å². The molecule has 2 heterocycles. The van der Waals surface area contributed by atoms with Gasteiger partial charge in [-0.3, -0.25) is 9.89 Å². The van der Waals surface area contributed by atoms with Crippen LogP contribution in [0.1, 0.15) is 24.3 Å². The highest BCUT2D eigenvalue weighted by molar-refractivity contribution is 7.89. The van der Waals surface area contributed by atoms with Gasteiger partial charge in [0, 0.05) is 34.9 Å². The summed E-state index contributed by atoms with van der Waals surface area (Å²) < 4.78 is 24.2. The molecule has 1 aromatic heterocycles. The van der Waals surface area contributed by atoms with E-state index in [1.807, 2.05) is 18.2 Å². The summed E-state index contributed by atoms with van der Waals surface area (Å²) in [6.07, 6.45) is 1.70. The number of aromatic amines is 1. The molecule has 1 fully saturated rings. The molecule has 1 amide bonds. The largest absolute Gasteiger partial charge is 0.508 e. The van der Waals surface area contributed by atoms with Crippen molar-refractivity contribution in [2.24, 2.45) is 5.14 Å². The van der Waals surface area contributed by atoms with Gasteiger partial charge >= 0.3 is 0 Å². The number of carbonyl (C=O) groups excluding carboxylic acids is 1. The van der Waals surface area contributed by atoms with Crippen molar-refractivity contribution in [2.75, 3.05) is 22.5 Å². The van der Waals surface area contributed by atoms with Crippen LogP contribution in [0, 0.1) is 0 Å². The van der Waals surface area contributed by atoms with Crippen molar-refractivity contribution >= 4 is 44.0 Å². The third kappa shape index (κ3) is 5.27. The van der Waals surface area contributed by atoms with Gasteiger partial charge in [-0.05, 0) is 72.5 Å². The Kier molecular flexibility index (Phi) is 7.05. The zero-order chi connectivity index (χ0) is 29.4. The lowest BCUT2D eigenvalue weighted by molar-refractivity contribution is -0.118. The van der Waals surface area contributed by atoms with E-state index in [1.165, 1.54) is 6.07 Å². The van der Waals surface area contributed by atoms with Crippen molar-refractivity contribution in [1.29, 1.82) is 0 Å². The Morgan fingerprint density at radius 1 is 1.02 bits per heavy atom. The van der Waals surface area contributed by atoms with E-state index in [0.29, 0.717) is 22.6 Å². The number of aromatic hydroxyl groups is 1. The van der Waals surface area contributed by atoms with Gasteiger partial charge in [-0.1, -0.05) is 42.5 Å². The number of rotatable bonds is 7. The minimum Gasteiger partial charge on any atom is -0.508 e. The highest BCUT2D eigenvalue weighted by Gasteiger charge is 2.37. The molecule has 214 valence electrons. The maximum atomic E-state index is 14.0. The van der Waals surface area contributed by atoms with Crippen LogP contribution in [0.3, 0.4) is 0 Å². The zero-order valence-corrected chi connectivity index (χ0v) is 23.4. The molecule has 2 unspecified atom stereocenters. The summed E-state index contributed by atoms with van der Waals surface area (Å²) in [5.74, 6) is -0.199. The molecule has 11 heteroatoms. The van der Waals surface area contributed by atoms with Gasteiger partial charge in [-0.25, -0.2) is 13.6 Å². The first kappa shape index (κ1) is 27.3. The van der Waals surface area contributed by atoms with Crippen LogP contribution in [0.2, 0.25) is 0 Å². The maximum Gasteiger partial charge on any atom is 0.238 e. The molecule has 6 rings (SSSR count). The van der Waals surface area contributed by atoms with Crippen LogP contribution in [0.4, 0.5) is 17.2 Å². The Balaban J connectivity index is 1.31. The van der Waals surface area contributed by atoms with Crippen molar-refractivity contribution in [3.05, 3.63) is 96.6 Å². The first-order chi connectivity index (χ1) is 20.2. The van der Waals surface area contributed by atoms with E-state index >= 15 is 0 Å². The van der Waals surface area contributed by atoms with Gasteiger partial charge in [-0.2, -0.15) is 5.10 Å². The second-order valence-electron chi connectivity index (χ2n) is 10.4. The van der Waals surface area contributed by atoms with Crippen LogP contribution in [0.15, 0.2) is 95.9 Å². The van der Waals surface area contributed by atoms with E-state index in [-0.39, 0.29) is 22.6 Å². The number of hydrogen-bond donors (Lipinski definition) is 5. The number of nitrogens with one attached hydrogen (secondary N) is 2. The summed E-state index contributed by atoms with van der Waals surface area (Å²) in [5, 5.41) is 26.2. The number of carbonyl (C=O) groups is 1. The number of amides is 1. The monoisotopic (exact) mass is 582 g/mol. The van der Waals surface area contributed by atoms with Crippen molar-refractivity contribution < 1.29 is 18.3 Å². The molecule has 5 aromatic rings. The number of H-pyrrole nitrogens is 1. The van der Waals surface area contributed by atoms with Gasteiger partial charge in [0.15, 0.2) is 5.82 Å². The molecule has 42 heavy (non-hydrogen) atoms. The fraction of sp³-hybridized carbons (Fsp3) is 0.161. The second kappa shape index (κ2) is 10.8. The van der Waals surface area contributed by atoms with Crippen molar-refractivity contribution in [3.63, 3.8) is 0 Å². The molecule has 7 N–H and O–H groups in total. The van der Waals surface area contributed by atoms with Crippen LogP contribution in [-0.4, -0.2) is 42.2 Å². The van der Waals surface area contributed by atoms with Crippen molar-refractivity contribution in [3.8, 4) is 16.9 Å². The van der Waals surface area contributed by atoms with E-state index in [1.54, 1.807) is 66.7 Å². The standard InChI is InChI=1S/C31H30N6O4S/c32-30-25-18-22(13-16-26(25)35-36-30)37-17-3-5-27(37)29(20-9-14-23(38)15-10-20)31(39)34-21-11-7-19(8-12-21)24-4-1-2-6-28(24)42(33,40)41/h1-2,4,6-16,18,27,29,38H,3,5,17H2,(H,34,39)(H3,32,35,36)(H2,33,40,41). The zero-order valence-electron chi connectivity index (χ0n) is 22.6. The molecule has 1 aliphatic heterocycles. The van der Waals surface area contributed by atoms with E-state index < -0.39 is 15.9 Å². The van der Waals surface area contributed by atoms with Crippen LogP contribution in [-0.2, 0) is 14.8 Å². The number of fused-ring (bicyclic) bond motifs is 1. The number of primary sulfonamides is 1. The molecular weight excluding hydrogens is 552 g/mol. The Hall–Kier alpha value is -4.87. The van der Waals surface area contributed by atoms with E-state index in [4.69, 9.17) is 10.9 Å². The molecule has 0 bridgehead atoms. The Morgan fingerprint density at radius 3 is 2.50 bits per heavy atom. The molecule has 0 radical (unpaired) electrons. The third-order valence-electron chi connectivity index (χ3n) is 7.78. The normalized spacial score (nSPS) is 16.0. The number of nitrogens with zero attached hydrogens (tertiary/aromatic N) is 2. The van der Waals surface area contributed by atoms with Gasteiger partial charge < -0.3 is 21.1 Å². The number of benzene rings is 4. The van der Waals surface area contributed by atoms with Gasteiger partial charge in [0.1, 0.15) is 5.75 Å². The topological polar surface area (TPSA) is 167 Å². The Morgan fingerprint density at radius 2 is 1.76 bits per heavy atom. The van der Waals surface area contributed by atoms with Gasteiger partial charge in [0.25, 0.3) is 0 Å². The number of aromatic nitrogens is 2. The lowest BCUT2D eigenvalue weighted by Crippen LogP contribution is -2.40. The number of nitrogens with two attached hydrogens (primary N) is 2. The summed E-state index contributed by atoms with van der Waals surface area (Å²) in [7, 11) is -3.91. The third-order valence-corrected chi connectivity index (χ3v) is 8.75. The average Bonchev–Trinajstić information content (AvgIpc) is 3.61. The highest BCUT2D eigenvalue weighted by atomic mass is 32.2. The summed E-state index contributed by atoms with van der Waals surface area (Å²) in [6, 6.07) is 26.0. The number of sulfonamides is 1. The van der Waals surface area contributed by atoms with Gasteiger partial charge in [-0.15, -0.1) is 0 Å². The fourth-order valence-corrected chi connectivity index (χ4v) is 6.56. The summed E-state index contributed by atoms with van der Waals surface area (Å²) >= 11 is 0. The second-order valence-corrected chi connectivity index (χ2v) is 11.9. The predicted octanol–water partition coefficient (Wildman–Crippen LogP) is 4.56. The molecule has 0 aliphatic carbocycles. The van der Waals surface area contributed by atoms with Crippen LogP contribution in [0.25, 0.3) is 22.0 Å². The number of nitrogen functional groups attached to an aromatic ring is 1. The first-order valence-electron chi connectivity index (χ1n) is 13.5. The number of anilines is 3. The summed E-state index contributed by atoms with van der Waals surface area (Å²) in [5.41, 5.74) is 10.4. The molecule has 1 saturated heterocycles. The smallest absolute Gasteiger partial charge is 0.238 e. The summed E-state index contributed by atoms with van der Waals surface area (Å²) in [4.78, 5) is 16.3. The molecular formula is C31H30N6O4S. The molecule has 10 nitrogen and oxygen atoms in total. The number of phenolic OH excluding ortho intramolecular Hbond substituents is 1. The molecule has 0 saturated carbocycles. The molecule has 0 spiro atoms. The molecule has 2 atom stereocenters. The SMILES string of the molecule is Nc1n[nH]c2ccc(N3CCCC3C(C(=O)Nc3ccc(-c4ccccc4S(N)(=O)=O)cc3)c3ccc(O)cc3)cc12. The molecule has 1 aliphatic rings.